The van der Waals surface area contributed by atoms with Gasteiger partial charge in [-0.3, -0.25) is 0 Å². The molecule has 2 nitrogen and oxygen atoms in total. The lowest BCUT2D eigenvalue weighted by Gasteiger charge is -2.09. The largest absolute Gasteiger partial charge is 0.497 e. The van der Waals surface area contributed by atoms with E-state index in [1.54, 1.807) is 14.0 Å². The number of methoxy groups -OCH3 is 1. The standard InChI is InChI=1S/C11H16O2/c1-8-4-5-11(13-3)7-10(8)6-9(2)12/h4-5,7,9,12H,6H2,1-3H3/t9-/m1/s1. The molecule has 13 heavy (non-hydrogen) atoms. The molecule has 0 amide bonds. The molecule has 1 N–H and O–H groups in total. The minimum absolute atomic E-state index is 0.300. The van der Waals surface area contributed by atoms with Gasteiger partial charge in [-0.25, -0.2) is 0 Å². The molecule has 0 bridgehead atoms. The van der Waals surface area contributed by atoms with Crippen molar-refractivity contribution >= 4 is 0 Å². The average Bonchev–Trinajstić information content (AvgIpc) is 2.08. The first-order valence-electron chi connectivity index (χ1n) is 4.45. The maximum atomic E-state index is 9.25. The Bertz CT molecular complexity index is 279. The summed E-state index contributed by atoms with van der Waals surface area (Å²) in [6, 6.07) is 5.92. The number of benzene rings is 1. The molecule has 0 aliphatic rings. The summed E-state index contributed by atoms with van der Waals surface area (Å²) in [7, 11) is 1.65. The van der Waals surface area contributed by atoms with Crippen LogP contribution in [0, 0.1) is 6.92 Å². The van der Waals surface area contributed by atoms with Gasteiger partial charge in [0.1, 0.15) is 5.75 Å². The zero-order chi connectivity index (χ0) is 9.84. The number of hydrogen-bond acceptors (Lipinski definition) is 2. The van der Waals surface area contributed by atoms with E-state index in [0.717, 1.165) is 11.3 Å². The second kappa shape index (κ2) is 4.28. The van der Waals surface area contributed by atoms with Gasteiger partial charge < -0.3 is 9.84 Å². The summed E-state index contributed by atoms with van der Waals surface area (Å²) < 4.78 is 5.11. The number of aliphatic hydroxyl groups is 1. The molecule has 1 aromatic rings. The van der Waals surface area contributed by atoms with Gasteiger partial charge >= 0.3 is 0 Å². The second-order valence-electron chi connectivity index (χ2n) is 3.35. The maximum Gasteiger partial charge on any atom is 0.119 e. The molecule has 0 aromatic heterocycles. The molecule has 0 heterocycles. The van der Waals surface area contributed by atoms with Gasteiger partial charge in [0.05, 0.1) is 13.2 Å². The van der Waals surface area contributed by atoms with Crippen LogP contribution in [-0.2, 0) is 6.42 Å². The van der Waals surface area contributed by atoms with Crippen molar-refractivity contribution in [3.63, 3.8) is 0 Å². The third kappa shape index (κ3) is 2.74. The van der Waals surface area contributed by atoms with E-state index in [0.29, 0.717) is 6.42 Å². The van der Waals surface area contributed by atoms with Crippen LogP contribution < -0.4 is 4.74 Å². The zero-order valence-corrected chi connectivity index (χ0v) is 8.37. The van der Waals surface area contributed by atoms with Crippen molar-refractivity contribution in [3.05, 3.63) is 29.3 Å². The molecule has 0 aliphatic carbocycles. The molecule has 0 spiro atoms. The van der Waals surface area contributed by atoms with Gasteiger partial charge in [0, 0.05) is 0 Å². The summed E-state index contributed by atoms with van der Waals surface area (Å²) in [6.45, 7) is 3.83. The fourth-order valence-corrected chi connectivity index (χ4v) is 1.31. The third-order valence-electron chi connectivity index (χ3n) is 2.07. The minimum atomic E-state index is -0.300. The molecular weight excluding hydrogens is 164 g/mol. The lowest BCUT2D eigenvalue weighted by atomic mass is 10.0. The Hall–Kier alpha value is -1.02. The highest BCUT2D eigenvalue weighted by Crippen LogP contribution is 2.18. The van der Waals surface area contributed by atoms with Crippen LogP contribution in [0.15, 0.2) is 18.2 Å². The molecule has 0 saturated carbocycles. The average molecular weight is 180 g/mol. The molecule has 1 atom stereocenters. The maximum absolute atomic E-state index is 9.25. The van der Waals surface area contributed by atoms with E-state index in [-0.39, 0.29) is 6.10 Å². The zero-order valence-electron chi connectivity index (χ0n) is 8.37. The van der Waals surface area contributed by atoms with Gasteiger partial charge in [0.25, 0.3) is 0 Å². The van der Waals surface area contributed by atoms with Crippen LogP contribution in [0.4, 0.5) is 0 Å². The summed E-state index contributed by atoms with van der Waals surface area (Å²) in [4.78, 5) is 0. The van der Waals surface area contributed by atoms with Crippen LogP contribution in [0.25, 0.3) is 0 Å². The summed E-state index contributed by atoms with van der Waals surface area (Å²) in [5, 5.41) is 9.25. The normalized spacial score (nSPS) is 12.6. The molecule has 1 aromatic carbocycles. The summed E-state index contributed by atoms with van der Waals surface area (Å²) in [5.74, 6) is 0.848. The summed E-state index contributed by atoms with van der Waals surface area (Å²) in [5.41, 5.74) is 2.34. The molecule has 2 heteroatoms. The fraction of sp³-hybridized carbons (Fsp3) is 0.455. The highest BCUT2D eigenvalue weighted by atomic mass is 16.5. The van der Waals surface area contributed by atoms with Crippen molar-refractivity contribution in [2.24, 2.45) is 0 Å². The molecule has 0 fully saturated rings. The molecule has 0 saturated heterocycles. The van der Waals surface area contributed by atoms with Gasteiger partial charge in [-0.05, 0) is 43.5 Å². The lowest BCUT2D eigenvalue weighted by molar-refractivity contribution is 0.195. The SMILES string of the molecule is COc1ccc(C)c(C[C@@H](C)O)c1. The highest BCUT2D eigenvalue weighted by Gasteiger charge is 2.03. The molecule has 0 radical (unpaired) electrons. The number of rotatable bonds is 3. The summed E-state index contributed by atoms with van der Waals surface area (Å²) >= 11 is 0. The van der Waals surface area contributed by atoms with Crippen LogP contribution in [0.3, 0.4) is 0 Å². The molecule has 1 rings (SSSR count). The van der Waals surface area contributed by atoms with Crippen LogP contribution in [0.5, 0.6) is 5.75 Å². The third-order valence-corrected chi connectivity index (χ3v) is 2.07. The predicted octanol–water partition coefficient (Wildman–Crippen LogP) is 1.93. The van der Waals surface area contributed by atoms with E-state index in [9.17, 15) is 5.11 Å². The van der Waals surface area contributed by atoms with Gasteiger partial charge in [0.15, 0.2) is 0 Å². The Morgan fingerprint density at radius 2 is 2.15 bits per heavy atom. The minimum Gasteiger partial charge on any atom is -0.497 e. The topological polar surface area (TPSA) is 29.5 Å². The van der Waals surface area contributed by atoms with E-state index < -0.39 is 0 Å². The monoisotopic (exact) mass is 180 g/mol. The Morgan fingerprint density at radius 1 is 1.46 bits per heavy atom. The van der Waals surface area contributed by atoms with Gasteiger partial charge in [-0.1, -0.05) is 6.07 Å². The van der Waals surface area contributed by atoms with Crippen molar-refractivity contribution in [3.8, 4) is 5.75 Å². The Balaban J connectivity index is 2.90. The molecule has 0 aliphatic heterocycles. The van der Waals surface area contributed by atoms with Crippen molar-refractivity contribution < 1.29 is 9.84 Å². The number of ether oxygens (including phenoxy) is 1. The van der Waals surface area contributed by atoms with E-state index in [4.69, 9.17) is 4.74 Å². The van der Waals surface area contributed by atoms with E-state index in [1.807, 2.05) is 25.1 Å². The van der Waals surface area contributed by atoms with Crippen LogP contribution in [0.1, 0.15) is 18.1 Å². The quantitative estimate of drug-likeness (QED) is 0.770. The number of hydrogen-bond donors (Lipinski definition) is 1. The summed E-state index contributed by atoms with van der Waals surface area (Å²) in [6.07, 6.45) is 0.383. The van der Waals surface area contributed by atoms with Crippen LogP contribution >= 0.6 is 0 Å². The van der Waals surface area contributed by atoms with Crippen molar-refractivity contribution in [2.75, 3.05) is 7.11 Å². The van der Waals surface area contributed by atoms with E-state index >= 15 is 0 Å². The van der Waals surface area contributed by atoms with Gasteiger partial charge in [-0.15, -0.1) is 0 Å². The first kappa shape index (κ1) is 10.1. The van der Waals surface area contributed by atoms with Crippen molar-refractivity contribution in [2.45, 2.75) is 26.4 Å². The predicted molar refractivity (Wildman–Crippen MR) is 53.1 cm³/mol. The van der Waals surface area contributed by atoms with E-state index in [1.165, 1.54) is 5.56 Å². The Kier molecular flexibility index (Phi) is 3.32. The highest BCUT2D eigenvalue weighted by molar-refractivity contribution is 5.35. The van der Waals surface area contributed by atoms with Gasteiger partial charge in [0.2, 0.25) is 0 Å². The number of aliphatic hydroxyl groups excluding tert-OH is 1. The van der Waals surface area contributed by atoms with Crippen LogP contribution in [0.2, 0.25) is 0 Å². The first-order valence-corrected chi connectivity index (χ1v) is 4.45. The first-order chi connectivity index (χ1) is 6.13. The molecule has 0 unspecified atom stereocenters. The second-order valence-corrected chi connectivity index (χ2v) is 3.35. The number of aryl methyl sites for hydroxylation is 1. The fourth-order valence-electron chi connectivity index (χ4n) is 1.31. The van der Waals surface area contributed by atoms with Crippen molar-refractivity contribution in [1.29, 1.82) is 0 Å². The van der Waals surface area contributed by atoms with E-state index in [2.05, 4.69) is 0 Å². The molecule has 72 valence electrons. The Morgan fingerprint density at radius 3 is 2.69 bits per heavy atom. The Labute approximate surface area is 79.2 Å². The smallest absolute Gasteiger partial charge is 0.119 e. The van der Waals surface area contributed by atoms with Gasteiger partial charge in [-0.2, -0.15) is 0 Å². The molecular formula is C11H16O2. The lowest BCUT2D eigenvalue weighted by Crippen LogP contribution is -2.05. The van der Waals surface area contributed by atoms with Crippen LogP contribution in [-0.4, -0.2) is 18.3 Å². The van der Waals surface area contributed by atoms with Crippen molar-refractivity contribution in [1.82, 2.24) is 0 Å².